The molecular formula is C28H35FN4O4. The molecule has 198 valence electrons. The number of carbonyl (C=O) groups is 3. The van der Waals surface area contributed by atoms with Gasteiger partial charge in [0, 0.05) is 38.5 Å². The molecule has 0 bridgehead atoms. The van der Waals surface area contributed by atoms with Gasteiger partial charge in [-0.25, -0.2) is 4.39 Å². The number of hydrogen-bond donors (Lipinski definition) is 1. The Morgan fingerprint density at radius 1 is 1.14 bits per heavy atom. The molecule has 2 heterocycles. The number of nitrogens with zero attached hydrogens (tertiary/aromatic N) is 3. The Kier molecular flexibility index (Phi) is 7.82. The van der Waals surface area contributed by atoms with Gasteiger partial charge in [0.15, 0.2) is 0 Å². The van der Waals surface area contributed by atoms with Gasteiger partial charge in [-0.2, -0.15) is 0 Å². The molecule has 2 aliphatic heterocycles. The first-order valence-corrected chi connectivity index (χ1v) is 12.7. The molecule has 4 rings (SSSR count). The maximum atomic E-state index is 14.0. The van der Waals surface area contributed by atoms with Gasteiger partial charge in [-0.05, 0) is 62.1 Å². The molecule has 1 N–H and O–H groups in total. The summed E-state index contributed by atoms with van der Waals surface area (Å²) in [5.74, 6) is -1.26. The highest BCUT2D eigenvalue weighted by atomic mass is 19.1. The summed E-state index contributed by atoms with van der Waals surface area (Å²) >= 11 is 0. The lowest BCUT2D eigenvalue weighted by Gasteiger charge is -2.44. The molecule has 2 aromatic carbocycles. The highest BCUT2D eigenvalue weighted by Gasteiger charge is 2.53. The fraction of sp³-hybridized carbons (Fsp3) is 0.464. The first-order chi connectivity index (χ1) is 17.7. The van der Waals surface area contributed by atoms with E-state index in [0.717, 1.165) is 5.69 Å². The molecule has 2 unspecified atom stereocenters. The number of hydrogen-bond acceptors (Lipinski definition) is 5. The van der Waals surface area contributed by atoms with Crippen LogP contribution in [0.1, 0.15) is 42.6 Å². The first kappa shape index (κ1) is 26.6. The molecule has 0 radical (unpaired) electrons. The van der Waals surface area contributed by atoms with Gasteiger partial charge in [0.25, 0.3) is 5.91 Å². The second kappa shape index (κ2) is 10.9. The first-order valence-electron chi connectivity index (χ1n) is 12.7. The third-order valence-corrected chi connectivity index (χ3v) is 7.61. The second-order valence-corrected chi connectivity index (χ2v) is 9.86. The van der Waals surface area contributed by atoms with Crippen LogP contribution in [0.15, 0.2) is 48.5 Å². The molecule has 2 aliphatic rings. The number of anilines is 1. The van der Waals surface area contributed by atoms with Crippen LogP contribution in [-0.4, -0.2) is 79.1 Å². The van der Waals surface area contributed by atoms with Crippen molar-refractivity contribution >= 4 is 23.4 Å². The van der Waals surface area contributed by atoms with Gasteiger partial charge < -0.3 is 24.8 Å². The van der Waals surface area contributed by atoms with E-state index in [2.05, 4.69) is 10.2 Å². The Bertz CT molecular complexity index is 1150. The van der Waals surface area contributed by atoms with Crippen LogP contribution in [0, 0.1) is 5.82 Å². The van der Waals surface area contributed by atoms with E-state index in [1.165, 1.54) is 19.2 Å². The lowest BCUT2D eigenvalue weighted by atomic mass is 9.85. The fourth-order valence-electron chi connectivity index (χ4n) is 5.32. The molecular weight excluding hydrogens is 475 g/mol. The molecule has 2 aromatic rings. The van der Waals surface area contributed by atoms with Crippen molar-refractivity contribution in [3.63, 3.8) is 0 Å². The normalized spacial score (nSPS) is 18.7. The van der Waals surface area contributed by atoms with Crippen molar-refractivity contribution in [3.05, 3.63) is 65.5 Å². The van der Waals surface area contributed by atoms with Crippen LogP contribution in [0.3, 0.4) is 0 Å². The Morgan fingerprint density at radius 2 is 1.81 bits per heavy atom. The zero-order chi connectivity index (χ0) is 26.7. The number of aryl methyl sites for hydroxylation is 1. The van der Waals surface area contributed by atoms with Crippen molar-refractivity contribution in [2.75, 3.05) is 38.8 Å². The standard InChI is InChI=1S/C28H35FN4O4/c1-5-20-15-21(17-22(29)16-20)25(34)30-24(19(2)37-4)26(35)32-13-11-28(12-14-32)27(36)31(3)18-33(28)23-9-7-6-8-10-23/h6-10,15-17,19,24H,5,11-14,18H2,1-4H3,(H,30,34). The SMILES string of the molecule is CCc1cc(F)cc(C(=O)NC(C(=O)N2CCC3(CC2)C(=O)N(C)CN3c2ccccc2)C(C)OC)c1. The van der Waals surface area contributed by atoms with Crippen LogP contribution in [0.2, 0.25) is 0 Å². The smallest absolute Gasteiger partial charge is 0.252 e. The Morgan fingerprint density at radius 3 is 2.43 bits per heavy atom. The molecule has 3 amide bonds. The van der Waals surface area contributed by atoms with E-state index in [-0.39, 0.29) is 17.4 Å². The van der Waals surface area contributed by atoms with E-state index < -0.39 is 29.4 Å². The summed E-state index contributed by atoms with van der Waals surface area (Å²) in [5.41, 5.74) is 1.12. The summed E-state index contributed by atoms with van der Waals surface area (Å²) in [6, 6.07) is 13.1. The number of nitrogens with one attached hydrogen (secondary N) is 1. The maximum Gasteiger partial charge on any atom is 0.252 e. The number of halogens is 1. The van der Waals surface area contributed by atoms with Gasteiger partial charge in [-0.1, -0.05) is 25.1 Å². The monoisotopic (exact) mass is 510 g/mol. The van der Waals surface area contributed by atoms with Crippen LogP contribution in [0.25, 0.3) is 0 Å². The van der Waals surface area contributed by atoms with Crippen molar-refractivity contribution in [3.8, 4) is 0 Å². The summed E-state index contributed by atoms with van der Waals surface area (Å²) in [5, 5.41) is 2.76. The second-order valence-electron chi connectivity index (χ2n) is 9.86. The van der Waals surface area contributed by atoms with Gasteiger partial charge in [0.1, 0.15) is 17.4 Å². The van der Waals surface area contributed by atoms with Crippen molar-refractivity contribution in [2.45, 2.75) is 50.8 Å². The molecule has 0 aliphatic carbocycles. The largest absolute Gasteiger partial charge is 0.379 e. The molecule has 0 aromatic heterocycles. The van der Waals surface area contributed by atoms with Gasteiger partial charge in [0.05, 0.1) is 12.8 Å². The van der Waals surface area contributed by atoms with E-state index >= 15 is 0 Å². The molecule has 2 atom stereocenters. The number of rotatable bonds is 7. The summed E-state index contributed by atoms with van der Waals surface area (Å²) in [6.07, 6.45) is 0.926. The highest BCUT2D eigenvalue weighted by molar-refractivity contribution is 5.98. The molecule has 2 saturated heterocycles. The van der Waals surface area contributed by atoms with Gasteiger partial charge in [0.2, 0.25) is 11.8 Å². The summed E-state index contributed by atoms with van der Waals surface area (Å²) < 4.78 is 19.5. The van der Waals surface area contributed by atoms with Crippen molar-refractivity contribution in [1.82, 2.24) is 15.1 Å². The van der Waals surface area contributed by atoms with Crippen LogP contribution in [0.5, 0.6) is 0 Å². The lowest BCUT2D eigenvalue weighted by molar-refractivity contribution is -0.141. The molecule has 0 saturated carbocycles. The average Bonchev–Trinajstić information content (AvgIpc) is 3.16. The van der Waals surface area contributed by atoms with Gasteiger partial charge in [-0.3, -0.25) is 14.4 Å². The van der Waals surface area contributed by atoms with Gasteiger partial charge in [-0.15, -0.1) is 0 Å². The quantitative estimate of drug-likeness (QED) is 0.620. The number of likely N-dealkylation sites (N-methyl/N-ethyl adjacent to an activating group) is 1. The minimum absolute atomic E-state index is 0.0522. The van der Waals surface area contributed by atoms with Crippen LogP contribution < -0.4 is 10.2 Å². The molecule has 1 spiro atoms. The molecule has 8 nitrogen and oxygen atoms in total. The molecule has 37 heavy (non-hydrogen) atoms. The van der Waals surface area contributed by atoms with Crippen LogP contribution >= 0.6 is 0 Å². The third kappa shape index (κ3) is 5.18. The predicted octanol–water partition coefficient (Wildman–Crippen LogP) is 2.82. The summed E-state index contributed by atoms with van der Waals surface area (Å²) in [6.45, 7) is 4.81. The number of carbonyl (C=O) groups excluding carboxylic acids is 3. The summed E-state index contributed by atoms with van der Waals surface area (Å²) in [7, 11) is 3.27. The number of ether oxygens (including phenoxy) is 1. The fourth-order valence-corrected chi connectivity index (χ4v) is 5.32. The van der Waals surface area contributed by atoms with Crippen molar-refractivity contribution in [2.24, 2.45) is 0 Å². The predicted molar refractivity (Wildman–Crippen MR) is 139 cm³/mol. The highest BCUT2D eigenvalue weighted by Crippen LogP contribution is 2.39. The van der Waals surface area contributed by atoms with Crippen LogP contribution in [-0.2, 0) is 20.7 Å². The van der Waals surface area contributed by atoms with Crippen molar-refractivity contribution in [1.29, 1.82) is 0 Å². The number of para-hydroxylation sites is 1. The van der Waals surface area contributed by atoms with Gasteiger partial charge >= 0.3 is 0 Å². The molecule has 2 fully saturated rings. The zero-order valence-electron chi connectivity index (χ0n) is 21.9. The number of amides is 3. The van der Waals surface area contributed by atoms with Crippen LogP contribution in [0.4, 0.5) is 10.1 Å². The lowest BCUT2D eigenvalue weighted by Crippen LogP contribution is -2.61. The number of methoxy groups -OCH3 is 1. The van der Waals surface area contributed by atoms with E-state index in [1.807, 2.05) is 37.3 Å². The van der Waals surface area contributed by atoms with E-state index in [1.54, 1.807) is 29.8 Å². The minimum Gasteiger partial charge on any atom is -0.379 e. The zero-order valence-corrected chi connectivity index (χ0v) is 21.9. The van der Waals surface area contributed by atoms with E-state index in [0.29, 0.717) is 44.6 Å². The Hall–Kier alpha value is -3.46. The Labute approximate surface area is 217 Å². The molecule has 9 heteroatoms. The van der Waals surface area contributed by atoms with E-state index in [4.69, 9.17) is 4.74 Å². The summed E-state index contributed by atoms with van der Waals surface area (Å²) in [4.78, 5) is 45.4. The topological polar surface area (TPSA) is 82.2 Å². The average molecular weight is 511 g/mol. The number of piperidine rings is 1. The maximum absolute atomic E-state index is 14.0. The van der Waals surface area contributed by atoms with Crippen molar-refractivity contribution < 1.29 is 23.5 Å². The van der Waals surface area contributed by atoms with E-state index in [9.17, 15) is 18.8 Å². The Balaban J connectivity index is 1.50. The number of benzene rings is 2. The third-order valence-electron chi connectivity index (χ3n) is 7.61. The number of likely N-dealkylation sites (tertiary alicyclic amines) is 1. The minimum atomic E-state index is -0.952.